The predicted molar refractivity (Wildman–Crippen MR) is 84.5 cm³/mol. The zero-order valence-corrected chi connectivity index (χ0v) is 12.7. The summed E-state index contributed by atoms with van der Waals surface area (Å²) in [6.07, 6.45) is 0.913. The van der Waals surface area contributed by atoms with Crippen molar-refractivity contribution in [3.8, 4) is 5.75 Å². The maximum absolute atomic E-state index is 6.15. The van der Waals surface area contributed by atoms with E-state index in [-0.39, 0.29) is 0 Å². The molecular weight excluding hydrogens is 270 g/mol. The first-order chi connectivity index (χ1) is 9.60. The molecule has 0 aliphatic rings. The summed E-state index contributed by atoms with van der Waals surface area (Å²) in [5.41, 5.74) is 10.0. The summed E-state index contributed by atoms with van der Waals surface area (Å²) in [6.45, 7) is 5.22. The van der Waals surface area contributed by atoms with Crippen LogP contribution in [0, 0.1) is 13.8 Å². The normalized spacial score (nSPS) is 10.6. The number of hydrogen-bond acceptors (Lipinski definition) is 2. The lowest BCUT2D eigenvalue weighted by atomic mass is 10.1. The third-order valence-corrected chi connectivity index (χ3v) is 3.87. The average Bonchev–Trinajstić information content (AvgIpc) is 2.44. The molecule has 106 valence electrons. The lowest BCUT2D eigenvalue weighted by Crippen LogP contribution is -2.03. The topological polar surface area (TPSA) is 35.2 Å². The second-order valence-corrected chi connectivity index (χ2v) is 5.39. The highest BCUT2D eigenvalue weighted by Crippen LogP contribution is 2.26. The smallest absolute Gasteiger partial charge is 0.120 e. The highest BCUT2D eigenvalue weighted by atomic mass is 35.5. The molecule has 0 radical (unpaired) electrons. The Hall–Kier alpha value is -1.51. The zero-order chi connectivity index (χ0) is 14.5. The summed E-state index contributed by atoms with van der Waals surface area (Å²) >= 11 is 6.15. The molecule has 0 saturated heterocycles. The monoisotopic (exact) mass is 289 g/mol. The molecule has 0 spiro atoms. The van der Waals surface area contributed by atoms with E-state index in [4.69, 9.17) is 22.1 Å². The standard InChI is InChI=1S/C17H20ClNO/c1-12-9-16(10-13(2)17(12)18)20-11-15-5-3-14(4-6-15)7-8-19/h3-6,9-10H,7-8,11,19H2,1-2H3. The molecular formula is C17H20ClNO. The van der Waals surface area contributed by atoms with Crippen LogP contribution in [0.2, 0.25) is 5.02 Å². The molecule has 0 atom stereocenters. The Morgan fingerprint density at radius 1 is 1.00 bits per heavy atom. The van der Waals surface area contributed by atoms with Gasteiger partial charge in [-0.25, -0.2) is 0 Å². The third-order valence-electron chi connectivity index (χ3n) is 3.27. The SMILES string of the molecule is Cc1cc(OCc2ccc(CCN)cc2)cc(C)c1Cl. The minimum Gasteiger partial charge on any atom is -0.489 e. The Kier molecular flexibility index (Phi) is 5.05. The molecule has 0 amide bonds. The second kappa shape index (κ2) is 6.78. The van der Waals surface area contributed by atoms with Gasteiger partial charge in [0.05, 0.1) is 0 Å². The fraction of sp³-hybridized carbons (Fsp3) is 0.294. The van der Waals surface area contributed by atoms with Gasteiger partial charge in [0.1, 0.15) is 12.4 Å². The highest BCUT2D eigenvalue weighted by Gasteiger charge is 2.04. The molecule has 2 nitrogen and oxygen atoms in total. The van der Waals surface area contributed by atoms with Crippen molar-refractivity contribution in [3.05, 3.63) is 63.7 Å². The average molecular weight is 290 g/mol. The molecule has 3 heteroatoms. The van der Waals surface area contributed by atoms with Crippen molar-refractivity contribution in [1.29, 1.82) is 0 Å². The van der Waals surface area contributed by atoms with Crippen LogP contribution >= 0.6 is 11.6 Å². The van der Waals surface area contributed by atoms with Crippen LogP contribution in [-0.2, 0) is 13.0 Å². The molecule has 0 aromatic heterocycles. The Morgan fingerprint density at radius 3 is 2.10 bits per heavy atom. The van der Waals surface area contributed by atoms with Crippen molar-refractivity contribution in [2.45, 2.75) is 26.9 Å². The molecule has 2 N–H and O–H groups in total. The van der Waals surface area contributed by atoms with Crippen LogP contribution in [0.3, 0.4) is 0 Å². The molecule has 0 saturated carbocycles. The van der Waals surface area contributed by atoms with E-state index < -0.39 is 0 Å². The van der Waals surface area contributed by atoms with Crippen LogP contribution in [0.15, 0.2) is 36.4 Å². The minimum atomic E-state index is 0.559. The van der Waals surface area contributed by atoms with Gasteiger partial charge in [-0.3, -0.25) is 0 Å². The van der Waals surface area contributed by atoms with E-state index >= 15 is 0 Å². The molecule has 0 aliphatic heterocycles. The Balaban J connectivity index is 2.01. The summed E-state index contributed by atoms with van der Waals surface area (Å²) in [4.78, 5) is 0. The lowest BCUT2D eigenvalue weighted by Gasteiger charge is -2.10. The quantitative estimate of drug-likeness (QED) is 0.902. The van der Waals surface area contributed by atoms with Crippen molar-refractivity contribution in [3.63, 3.8) is 0 Å². The first-order valence-corrected chi connectivity index (χ1v) is 7.15. The fourth-order valence-electron chi connectivity index (χ4n) is 2.12. The highest BCUT2D eigenvalue weighted by molar-refractivity contribution is 6.32. The Morgan fingerprint density at radius 2 is 1.55 bits per heavy atom. The van der Waals surface area contributed by atoms with E-state index in [0.29, 0.717) is 13.2 Å². The molecule has 2 rings (SSSR count). The zero-order valence-electron chi connectivity index (χ0n) is 11.9. The summed E-state index contributed by atoms with van der Waals surface area (Å²) in [5, 5.41) is 0.809. The second-order valence-electron chi connectivity index (χ2n) is 5.01. The van der Waals surface area contributed by atoms with E-state index in [1.165, 1.54) is 5.56 Å². The van der Waals surface area contributed by atoms with Gasteiger partial charge in [-0.2, -0.15) is 0 Å². The molecule has 0 bridgehead atoms. The molecule has 2 aromatic carbocycles. The number of halogens is 1. The van der Waals surface area contributed by atoms with Crippen LogP contribution < -0.4 is 10.5 Å². The third kappa shape index (κ3) is 3.75. The van der Waals surface area contributed by atoms with E-state index in [9.17, 15) is 0 Å². The number of hydrogen-bond donors (Lipinski definition) is 1. The molecule has 0 unspecified atom stereocenters. The minimum absolute atomic E-state index is 0.559. The number of ether oxygens (including phenoxy) is 1. The van der Waals surface area contributed by atoms with Crippen LogP contribution in [-0.4, -0.2) is 6.54 Å². The van der Waals surface area contributed by atoms with Crippen LogP contribution in [0.4, 0.5) is 0 Å². The van der Waals surface area contributed by atoms with Gasteiger partial charge < -0.3 is 10.5 Å². The fourth-order valence-corrected chi connectivity index (χ4v) is 2.23. The van der Waals surface area contributed by atoms with E-state index in [0.717, 1.165) is 33.9 Å². The van der Waals surface area contributed by atoms with E-state index in [2.05, 4.69) is 24.3 Å². The van der Waals surface area contributed by atoms with Crippen LogP contribution in [0.5, 0.6) is 5.75 Å². The van der Waals surface area contributed by atoms with Crippen molar-refractivity contribution < 1.29 is 4.74 Å². The van der Waals surface area contributed by atoms with Crippen LogP contribution in [0.1, 0.15) is 22.3 Å². The first kappa shape index (κ1) is 14.9. The van der Waals surface area contributed by atoms with Crippen molar-refractivity contribution in [2.24, 2.45) is 5.73 Å². The van der Waals surface area contributed by atoms with E-state index in [1.54, 1.807) is 0 Å². The number of rotatable bonds is 5. The van der Waals surface area contributed by atoms with Gasteiger partial charge in [-0.15, -0.1) is 0 Å². The summed E-state index contributed by atoms with van der Waals surface area (Å²) in [5.74, 6) is 0.857. The summed E-state index contributed by atoms with van der Waals surface area (Å²) < 4.78 is 5.83. The Bertz CT molecular complexity index is 555. The van der Waals surface area contributed by atoms with Gasteiger partial charge in [-0.05, 0) is 61.2 Å². The van der Waals surface area contributed by atoms with Crippen molar-refractivity contribution in [2.75, 3.05) is 6.54 Å². The molecule has 20 heavy (non-hydrogen) atoms. The number of aryl methyl sites for hydroxylation is 2. The number of benzene rings is 2. The summed E-state index contributed by atoms with van der Waals surface area (Å²) in [7, 11) is 0. The van der Waals surface area contributed by atoms with Gasteiger partial charge in [0.2, 0.25) is 0 Å². The van der Waals surface area contributed by atoms with Gasteiger partial charge >= 0.3 is 0 Å². The lowest BCUT2D eigenvalue weighted by molar-refractivity contribution is 0.306. The number of nitrogens with two attached hydrogens (primary N) is 1. The first-order valence-electron chi connectivity index (χ1n) is 6.77. The maximum Gasteiger partial charge on any atom is 0.120 e. The largest absolute Gasteiger partial charge is 0.489 e. The van der Waals surface area contributed by atoms with E-state index in [1.807, 2.05) is 26.0 Å². The molecule has 0 aliphatic carbocycles. The van der Waals surface area contributed by atoms with Crippen LogP contribution in [0.25, 0.3) is 0 Å². The Labute approximate surface area is 125 Å². The molecule has 2 aromatic rings. The van der Waals surface area contributed by atoms with Gasteiger partial charge in [-0.1, -0.05) is 35.9 Å². The summed E-state index contributed by atoms with van der Waals surface area (Å²) in [6, 6.07) is 12.3. The predicted octanol–water partition coefficient (Wildman–Crippen LogP) is 4.04. The van der Waals surface area contributed by atoms with Gasteiger partial charge in [0.25, 0.3) is 0 Å². The van der Waals surface area contributed by atoms with Crippen molar-refractivity contribution in [1.82, 2.24) is 0 Å². The maximum atomic E-state index is 6.15. The molecule has 0 heterocycles. The van der Waals surface area contributed by atoms with Gasteiger partial charge in [0, 0.05) is 5.02 Å². The molecule has 0 fully saturated rings. The van der Waals surface area contributed by atoms with Gasteiger partial charge in [0.15, 0.2) is 0 Å². The van der Waals surface area contributed by atoms with Crippen molar-refractivity contribution >= 4 is 11.6 Å².